The maximum Gasteiger partial charge on any atom is 0.303 e. The van der Waals surface area contributed by atoms with Crippen molar-refractivity contribution in [3.05, 3.63) is 105 Å². The number of carboxylic acid groups (broad SMARTS) is 1. The van der Waals surface area contributed by atoms with Gasteiger partial charge in [-0.15, -0.1) is 0 Å². The number of anilines is 1. The first-order chi connectivity index (χ1) is 17.8. The van der Waals surface area contributed by atoms with E-state index in [0.717, 1.165) is 33.5 Å². The summed E-state index contributed by atoms with van der Waals surface area (Å²) in [6.45, 7) is 0.550. The average Bonchev–Trinajstić information content (AvgIpc) is 2.89. The number of ketones is 1. The summed E-state index contributed by atoms with van der Waals surface area (Å²) in [4.78, 5) is 27.3. The number of aromatic nitrogens is 1. The van der Waals surface area contributed by atoms with Crippen LogP contribution in [0.15, 0.2) is 79.0 Å². The second kappa shape index (κ2) is 12.2. The van der Waals surface area contributed by atoms with Gasteiger partial charge in [-0.05, 0) is 71.1 Å². The summed E-state index contributed by atoms with van der Waals surface area (Å²) in [7, 11) is 0. The molecule has 0 aliphatic heterocycles. The van der Waals surface area contributed by atoms with Gasteiger partial charge in [0.25, 0.3) is 0 Å². The molecule has 0 amide bonds. The molecular formula is C29H23Cl3N2O3. The van der Waals surface area contributed by atoms with E-state index in [4.69, 9.17) is 39.9 Å². The monoisotopic (exact) mass is 552 g/mol. The molecule has 4 aromatic rings. The SMILES string of the molecule is O=C(O)CCCC(=O)c1ccc(-c2cc(Cl)ccc2CNc2ccc(-c3ccc(Cl)c(Cl)c3)cc2)cn1. The lowest BCUT2D eigenvalue weighted by atomic mass is 10.00. The quantitative estimate of drug-likeness (QED) is 0.193. The third-order valence-corrected chi connectivity index (χ3v) is 6.82. The van der Waals surface area contributed by atoms with Gasteiger partial charge in [0.15, 0.2) is 5.78 Å². The van der Waals surface area contributed by atoms with Gasteiger partial charge in [-0.25, -0.2) is 0 Å². The van der Waals surface area contributed by atoms with Gasteiger partial charge in [-0.2, -0.15) is 0 Å². The Bertz CT molecular complexity index is 1420. The molecule has 37 heavy (non-hydrogen) atoms. The molecule has 0 bridgehead atoms. The number of hydrogen-bond donors (Lipinski definition) is 2. The number of carbonyl (C=O) groups excluding carboxylic acids is 1. The minimum atomic E-state index is -0.916. The van der Waals surface area contributed by atoms with Gasteiger partial charge in [0, 0.05) is 41.9 Å². The largest absolute Gasteiger partial charge is 0.481 e. The highest BCUT2D eigenvalue weighted by molar-refractivity contribution is 6.42. The Hall–Kier alpha value is -3.38. The van der Waals surface area contributed by atoms with Gasteiger partial charge in [-0.3, -0.25) is 14.6 Å². The number of carboxylic acids is 1. The van der Waals surface area contributed by atoms with E-state index in [-0.39, 0.29) is 25.0 Å². The molecule has 1 aromatic heterocycles. The van der Waals surface area contributed by atoms with Crippen LogP contribution in [0.1, 0.15) is 35.3 Å². The van der Waals surface area contributed by atoms with Gasteiger partial charge >= 0.3 is 5.97 Å². The van der Waals surface area contributed by atoms with Crippen molar-refractivity contribution in [2.75, 3.05) is 5.32 Å². The molecule has 0 unspecified atom stereocenters. The number of aliphatic carboxylic acids is 1. The van der Waals surface area contributed by atoms with Crippen LogP contribution in [0.4, 0.5) is 5.69 Å². The molecule has 0 fully saturated rings. The van der Waals surface area contributed by atoms with Gasteiger partial charge in [0.2, 0.25) is 0 Å². The molecule has 188 valence electrons. The lowest BCUT2D eigenvalue weighted by Gasteiger charge is -2.13. The first-order valence-corrected chi connectivity index (χ1v) is 12.7. The van der Waals surface area contributed by atoms with Crippen LogP contribution >= 0.6 is 34.8 Å². The Morgan fingerprint density at radius 1 is 0.784 bits per heavy atom. The van der Waals surface area contributed by atoms with Crippen LogP contribution in [0.5, 0.6) is 0 Å². The molecule has 1 heterocycles. The number of benzene rings is 3. The zero-order chi connectivity index (χ0) is 26.4. The molecule has 0 spiro atoms. The van der Waals surface area contributed by atoms with Crippen LogP contribution in [0, 0.1) is 0 Å². The highest BCUT2D eigenvalue weighted by atomic mass is 35.5. The Kier molecular flexibility index (Phi) is 8.82. The normalized spacial score (nSPS) is 10.8. The molecule has 0 aliphatic rings. The Labute approximate surface area is 230 Å². The first kappa shape index (κ1) is 26.7. The number of carbonyl (C=O) groups is 2. The fourth-order valence-corrected chi connectivity index (χ4v) is 4.34. The van der Waals surface area contributed by atoms with Crippen molar-refractivity contribution >= 4 is 52.2 Å². The Morgan fingerprint density at radius 2 is 1.51 bits per heavy atom. The van der Waals surface area contributed by atoms with E-state index < -0.39 is 5.97 Å². The van der Waals surface area contributed by atoms with E-state index in [9.17, 15) is 9.59 Å². The van der Waals surface area contributed by atoms with Crippen molar-refractivity contribution in [2.45, 2.75) is 25.8 Å². The summed E-state index contributed by atoms with van der Waals surface area (Å²) in [5.74, 6) is -1.09. The molecule has 4 rings (SSSR count). The average molecular weight is 554 g/mol. The molecule has 2 N–H and O–H groups in total. The molecule has 5 nitrogen and oxygen atoms in total. The number of Topliss-reactive ketones (excluding diaryl/α,β-unsaturated/α-hetero) is 1. The first-order valence-electron chi connectivity index (χ1n) is 11.6. The maximum atomic E-state index is 12.3. The van der Waals surface area contributed by atoms with Gasteiger partial charge in [0.05, 0.1) is 10.0 Å². The number of nitrogens with one attached hydrogen (secondary N) is 1. The van der Waals surface area contributed by atoms with E-state index in [1.54, 1.807) is 18.3 Å². The van der Waals surface area contributed by atoms with Gasteiger partial charge < -0.3 is 10.4 Å². The molecule has 0 saturated heterocycles. The van der Waals surface area contributed by atoms with Crippen LogP contribution in [-0.4, -0.2) is 21.8 Å². The number of pyridine rings is 1. The smallest absolute Gasteiger partial charge is 0.303 e. The summed E-state index contributed by atoms with van der Waals surface area (Å²) < 4.78 is 0. The van der Waals surface area contributed by atoms with E-state index in [1.165, 1.54) is 0 Å². The fourth-order valence-electron chi connectivity index (χ4n) is 3.87. The van der Waals surface area contributed by atoms with Crippen molar-refractivity contribution < 1.29 is 14.7 Å². The Morgan fingerprint density at radius 3 is 2.19 bits per heavy atom. The third kappa shape index (κ3) is 7.10. The van der Waals surface area contributed by atoms with Crippen LogP contribution < -0.4 is 5.32 Å². The summed E-state index contributed by atoms with van der Waals surface area (Å²) in [5.41, 5.74) is 6.03. The molecule has 0 radical (unpaired) electrons. The van der Waals surface area contributed by atoms with Gasteiger partial charge in [0.1, 0.15) is 5.69 Å². The van der Waals surface area contributed by atoms with Crippen LogP contribution in [0.3, 0.4) is 0 Å². The molecule has 0 saturated carbocycles. The molecule has 0 atom stereocenters. The van der Waals surface area contributed by atoms with Crippen molar-refractivity contribution in [2.24, 2.45) is 0 Å². The van der Waals surface area contributed by atoms with Crippen molar-refractivity contribution in [3.8, 4) is 22.3 Å². The highest BCUT2D eigenvalue weighted by Gasteiger charge is 2.12. The number of rotatable bonds is 10. The minimum Gasteiger partial charge on any atom is -0.481 e. The van der Waals surface area contributed by atoms with Crippen molar-refractivity contribution in [1.29, 1.82) is 0 Å². The summed E-state index contributed by atoms with van der Waals surface area (Å²) in [6.07, 6.45) is 2.04. The zero-order valence-corrected chi connectivity index (χ0v) is 21.9. The molecular weight excluding hydrogens is 531 g/mol. The Balaban J connectivity index is 1.45. The van der Waals surface area contributed by atoms with E-state index in [1.807, 2.05) is 60.7 Å². The number of nitrogens with zero attached hydrogens (tertiary/aromatic N) is 1. The summed E-state index contributed by atoms with van der Waals surface area (Å²) in [6, 6.07) is 22.7. The zero-order valence-electron chi connectivity index (χ0n) is 19.7. The van der Waals surface area contributed by atoms with Crippen LogP contribution in [0.2, 0.25) is 15.1 Å². The summed E-state index contributed by atoms with van der Waals surface area (Å²) in [5, 5.41) is 13.8. The van der Waals surface area contributed by atoms with Crippen molar-refractivity contribution in [1.82, 2.24) is 4.98 Å². The van der Waals surface area contributed by atoms with Crippen LogP contribution in [0.25, 0.3) is 22.3 Å². The van der Waals surface area contributed by atoms with Crippen molar-refractivity contribution in [3.63, 3.8) is 0 Å². The predicted octanol–water partition coefficient (Wildman–Crippen LogP) is 8.43. The van der Waals surface area contributed by atoms with Crippen LogP contribution in [-0.2, 0) is 11.3 Å². The van der Waals surface area contributed by atoms with E-state index in [2.05, 4.69) is 10.3 Å². The maximum absolute atomic E-state index is 12.3. The second-order valence-electron chi connectivity index (χ2n) is 8.46. The molecule has 8 heteroatoms. The van der Waals surface area contributed by atoms with E-state index >= 15 is 0 Å². The van der Waals surface area contributed by atoms with Gasteiger partial charge in [-0.1, -0.05) is 65.1 Å². The molecule has 0 aliphatic carbocycles. The fraction of sp³-hybridized carbons (Fsp3) is 0.138. The minimum absolute atomic E-state index is 0.0408. The lowest BCUT2D eigenvalue weighted by Crippen LogP contribution is -2.04. The summed E-state index contributed by atoms with van der Waals surface area (Å²) >= 11 is 18.5. The topological polar surface area (TPSA) is 79.3 Å². The number of halogens is 3. The highest BCUT2D eigenvalue weighted by Crippen LogP contribution is 2.30. The second-order valence-corrected chi connectivity index (χ2v) is 9.71. The molecule has 3 aromatic carbocycles. The standard InChI is InChI=1S/C29H23Cl3N2O3/c30-22-9-4-20(16-33-23-10-5-18(6-11-23)19-7-12-25(31)26(32)14-19)24(15-22)21-8-13-27(34-17-21)28(35)2-1-3-29(36)37/h4-15,17,33H,1-3,16H2,(H,36,37). The third-order valence-electron chi connectivity index (χ3n) is 5.85. The lowest BCUT2D eigenvalue weighted by molar-refractivity contribution is -0.137. The predicted molar refractivity (Wildman–Crippen MR) is 150 cm³/mol. The van der Waals surface area contributed by atoms with E-state index in [0.29, 0.717) is 27.3 Å². The number of hydrogen-bond acceptors (Lipinski definition) is 4.